The minimum absolute atomic E-state index is 0.0330. The third-order valence-electron chi connectivity index (χ3n) is 9.66. The van der Waals surface area contributed by atoms with Crippen molar-refractivity contribution in [1.29, 1.82) is 0 Å². The largest absolute Gasteiger partial charge is 0.396 e. The van der Waals surface area contributed by atoms with Gasteiger partial charge >= 0.3 is 0 Å². The van der Waals surface area contributed by atoms with Crippen LogP contribution in [0.1, 0.15) is 174 Å². The maximum Gasteiger partial charge on any atom is 0.212 e. The van der Waals surface area contributed by atoms with Gasteiger partial charge in [-0.3, -0.25) is 4.79 Å². The molecular formula is C39H75N3O2. The molecule has 44 heavy (non-hydrogen) atoms. The van der Waals surface area contributed by atoms with Crippen LogP contribution in [0.15, 0.2) is 23.5 Å². The molecule has 0 spiro atoms. The van der Waals surface area contributed by atoms with Gasteiger partial charge in [0.25, 0.3) is 0 Å². The molecule has 0 saturated carbocycles. The second-order valence-electron chi connectivity index (χ2n) is 13.6. The Kier molecular flexibility index (Phi) is 26.9. The molecule has 1 aliphatic carbocycles. The lowest BCUT2D eigenvalue weighted by Crippen LogP contribution is -2.38. The summed E-state index contributed by atoms with van der Waals surface area (Å²) in [5, 5.41) is 15.5. The van der Waals surface area contributed by atoms with E-state index in [4.69, 9.17) is 5.11 Å². The van der Waals surface area contributed by atoms with Crippen LogP contribution < -0.4 is 10.6 Å². The number of nitrogens with zero attached hydrogens (tertiary/aromatic N) is 1. The van der Waals surface area contributed by atoms with Crippen molar-refractivity contribution in [3.8, 4) is 0 Å². The molecule has 0 unspecified atom stereocenters. The zero-order valence-corrected chi connectivity index (χ0v) is 29.8. The SMILES string of the molecule is C=C1C(=O)C(NC)=C1NCCCN(CCCCCCO)CCCCCCCC(CCCCCCCC)CCCCCCCC. The molecule has 0 atom stereocenters. The van der Waals surface area contributed by atoms with Gasteiger partial charge in [0.15, 0.2) is 0 Å². The Morgan fingerprint density at radius 3 is 1.52 bits per heavy atom. The third-order valence-corrected chi connectivity index (χ3v) is 9.66. The number of unbranched alkanes of at least 4 members (excludes halogenated alkanes) is 17. The lowest BCUT2D eigenvalue weighted by atomic mass is 9.89. The number of hydrogen-bond acceptors (Lipinski definition) is 5. The minimum atomic E-state index is 0.0330. The van der Waals surface area contributed by atoms with E-state index >= 15 is 0 Å². The van der Waals surface area contributed by atoms with Gasteiger partial charge in [-0.05, 0) is 51.2 Å². The Bertz CT molecular complexity index is 719. The average molecular weight is 618 g/mol. The lowest BCUT2D eigenvalue weighted by Gasteiger charge is -2.26. The van der Waals surface area contributed by atoms with Gasteiger partial charge < -0.3 is 20.6 Å². The van der Waals surface area contributed by atoms with E-state index in [2.05, 4.69) is 36.0 Å². The maximum atomic E-state index is 11.9. The molecule has 5 heteroatoms. The number of Topliss-reactive ketones (excluding diaryl/α,β-unsaturated/α-hetero) is 1. The first-order valence-corrected chi connectivity index (χ1v) is 19.3. The molecule has 0 fully saturated rings. The topological polar surface area (TPSA) is 64.6 Å². The van der Waals surface area contributed by atoms with E-state index in [0.29, 0.717) is 17.9 Å². The van der Waals surface area contributed by atoms with Crippen molar-refractivity contribution in [1.82, 2.24) is 15.5 Å². The summed E-state index contributed by atoms with van der Waals surface area (Å²) in [5.74, 6) is 1.00. The molecule has 0 heterocycles. The van der Waals surface area contributed by atoms with Crippen LogP contribution in [0.4, 0.5) is 0 Å². The van der Waals surface area contributed by atoms with Crippen LogP contribution >= 0.6 is 0 Å². The van der Waals surface area contributed by atoms with Crippen molar-refractivity contribution in [2.24, 2.45) is 5.92 Å². The number of hydrogen-bond donors (Lipinski definition) is 3. The zero-order valence-electron chi connectivity index (χ0n) is 29.8. The van der Waals surface area contributed by atoms with Crippen molar-refractivity contribution in [3.05, 3.63) is 23.5 Å². The third kappa shape index (κ3) is 19.9. The molecular weight excluding hydrogens is 542 g/mol. The predicted octanol–water partition coefficient (Wildman–Crippen LogP) is 9.85. The highest BCUT2D eigenvalue weighted by molar-refractivity contribution is 6.18. The molecule has 0 amide bonds. The summed E-state index contributed by atoms with van der Waals surface area (Å²) >= 11 is 0. The van der Waals surface area contributed by atoms with Gasteiger partial charge in [0.2, 0.25) is 5.78 Å². The number of rotatable bonds is 34. The molecule has 0 aliphatic heterocycles. The van der Waals surface area contributed by atoms with E-state index in [0.717, 1.165) is 50.5 Å². The quantitative estimate of drug-likeness (QED) is 0.0495. The van der Waals surface area contributed by atoms with Crippen LogP contribution in [0.3, 0.4) is 0 Å². The van der Waals surface area contributed by atoms with Crippen LogP contribution in [0, 0.1) is 5.92 Å². The normalized spacial score (nSPS) is 13.4. The molecule has 0 saturated heterocycles. The standard InChI is InChI=1S/C39H75N3O2/c1-5-7-9-11-14-20-27-36(28-21-15-12-10-8-6-2)29-22-16-13-17-23-31-42(32-24-18-19-25-34-43)33-26-30-41-37-35(3)39(44)38(37)40-4/h36,40-41,43H,3,5-34H2,1-2,4H3. The van der Waals surface area contributed by atoms with Crippen LogP contribution in [0.25, 0.3) is 0 Å². The van der Waals surface area contributed by atoms with E-state index in [1.54, 1.807) is 7.05 Å². The van der Waals surface area contributed by atoms with Gasteiger partial charge in [0.1, 0.15) is 5.70 Å². The number of likely N-dealkylation sites (N-methyl/N-ethyl adjacent to an activating group) is 1. The van der Waals surface area contributed by atoms with Crippen LogP contribution in [0.5, 0.6) is 0 Å². The minimum Gasteiger partial charge on any atom is -0.396 e. The molecule has 3 N–H and O–H groups in total. The molecule has 1 aliphatic rings. The highest BCUT2D eigenvalue weighted by atomic mass is 16.2. The number of nitrogens with one attached hydrogen (secondary N) is 2. The fourth-order valence-corrected chi connectivity index (χ4v) is 6.71. The zero-order chi connectivity index (χ0) is 32.1. The van der Waals surface area contributed by atoms with Crippen molar-refractivity contribution in [2.75, 3.05) is 39.8 Å². The highest BCUT2D eigenvalue weighted by Crippen LogP contribution is 2.25. The lowest BCUT2D eigenvalue weighted by molar-refractivity contribution is -0.113. The summed E-state index contributed by atoms with van der Waals surface area (Å²) < 4.78 is 0. The fraction of sp³-hybridized carbons (Fsp3) is 0.872. The van der Waals surface area contributed by atoms with Gasteiger partial charge in [-0.1, -0.05) is 155 Å². The number of aliphatic hydroxyl groups excluding tert-OH is 1. The van der Waals surface area contributed by atoms with Crippen LogP contribution in [0.2, 0.25) is 0 Å². The number of ketones is 1. The summed E-state index contributed by atoms with van der Waals surface area (Å²) in [4.78, 5) is 14.5. The monoisotopic (exact) mass is 618 g/mol. The van der Waals surface area contributed by atoms with Crippen molar-refractivity contribution < 1.29 is 9.90 Å². The van der Waals surface area contributed by atoms with E-state index in [1.165, 1.54) is 148 Å². The molecule has 0 aromatic carbocycles. The molecule has 0 radical (unpaired) electrons. The molecule has 5 nitrogen and oxygen atoms in total. The van der Waals surface area contributed by atoms with Gasteiger partial charge in [-0.25, -0.2) is 0 Å². The van der Waals surface area contributed by atoms with E-state index < -0.39 is 0 Å². The Morgan fingerprint density at radius 2 is 1.05 bits per heavy atom. The summed E-state index contributed by atoms with van der Waals surface area (Å²) in [6, 6.07) is 0. The average Bonchev–Trinajstić information content (AvgIpc) is 3.03. The first-order chi connectivity index (χ1) is 21.6. The second kappa shape index (κ2) is 29.1. The molecule has 0 aromatic rings. The van der Waals surface area contributed by atoms with Crippen molar-refractivity contribution in [2.45, 2.75) is 174 Å². The van der Waals surface area contributed by atoms with Gasteiger partial charge in [0, 0.05) is 25.8 Å². The summed E-state index contributed by atoms with van der Waals surface area (Å²) in [5.41, 5.74) is 2.17. The molecule has 258 valence electrons. The molecule has 0 aromatic heterocycles. The number of allylic oxidation sites excluding steroid dienone is 2. The smallest absolute Gasteiger partial charge is 0.212 e. The number of aliphatic hydroxyl groups is 1. The maximum absolute atomic E-state index is 11.9. The second-order valence-corrected chi connectivity index (χ2v) is 13.6. The highest BCUT2D eigenvalue weighted by Gasteiger charge is 2.30. The van der Waals surface area contributed by atoms with Crippen LogP contribution in [-0.4, -0.2) is 55.6 Å². The summed E-state index contributed by atoms with van der Waals surface area (Å²) in [7, 11) is 1.80. The van der Waals surface area contributed by atoms with Crippen molar-refractivity contribution in [3.63, 3.8) is 0 Å². The number of carbonyl (C=O) groups excluding carboxylic acids is 1. The molecule has 1 rings (SSSR count). The van der Waals surface area contributed by atoms with Crippen molar-refractivity contribution >= 4 is 5.78 Å². The predicted molar refractivity (Wildman–Crippen MR) is 192 cm³/mol. The van der Waals surface area contributed by atoms with Gasteiger partial charge in [-0.15, -0.1) is 0 Å². The Balaban J connectivity index is 2.31. The van der Waals surface area contributed by atoms with E-state index in [-0.39, 0.29) is 5.78 Å². The first-order valence-electron chi connectivity index (χ1n) is 19.3. The Hall–Kier alpha value is -1.33. The number of carbonyl (C=O) groups is 1. The molecule has 0 bridgehead atoms. The van der Waals surface area contributed by atoms with E-state index in [1.807, 2.05) is 0 Å². The fourth-order valence-electron chi connectivity index (χ4n) is 6.71. The summed E-state index contributed by atoms with van der Waals surface area (Å²) in [6.45, 7) is 13.1. The van der Waals surface area contributed by atoms with Gasteiger partial charge in [-0.2, -0.15) is 0 Å². The first kappa shape index (κ1) is 40.7. The Labute approximate surface area is 274 Å². The van der Waals surface area contributed by atoms with E-state index in [9.17, 15) is 4.79 Å². The Morgan fingerprint density at radius 1 is 0.614 bits per heavy atom. The van der Waals surface area contributed by atoms with Crippen LogP contribution in [-0.2, 0) is 4.79 Å². The summed E-state index contributed by atoms with van der Waals surface area (Å²) in [6.07, 6.45) is 33.9. The van der Waals surface area contributed by atoms with Gasteiger partial charge in [0.05, 0.1) is 5.70 Å².